The van der Waals surface area contributed by atoms with E-state index in [4.69, 9.17) is 0 Å². The second kappa shape index (κ2) is 3.57. The lowest BCUT2D eigenvalue weighted by atomic mass is 10.2. The zero-order valence-corrected chi connectivity index (χ0v) is 8.30. The van der Waals surface area contributed by atoms with Crippen molar-refractivity contribution in [2.24, 2.45) is 0 Å². The molecule has 0 radical (unpaired) electrons. The summed E-state index contributed by atoms with van der Waals surface area (Å²) in [5.74, 6) is 0. The van der Waals surface area contributed by atoms with Crippen LogP contribution in [-0.2, 0) is 0 Å². The topological polar surface area (TPSA) is 3.24 Å². The van der Waals surface area contributed by atoms with Crippen LogP contribution in [0, 0.1) is 0 Å². The van der Waals surface area contributed by atoms with E-state index in [1.54, 1.807) is 0 Å². The lowest BCUT2D eigenvalue weighted by molar-refractivity contribution is 0.152. The average Bonchev–Trinajstić information content (AvgIpc) is 2.30. The van der Waals surface area contributed by atoms with E-state index in [2.05, 4.69) is 32.6 Å². The van der Waals surface area contributed by atoms with Crippen LogP contribution in [-0.4, -0.2) is 23.0 Å². The van der Waals surface area contributed by atoms with E-state index in [-0.39, 0.29) is 0 Å². The van der Waals surface area contributed by atoms with Gasteiger partial charge in [0, 0.05) is 18.1 Å². The Labute approximate surface area is 70.8 Å². The predicted octanol–water partition coefficient (Wildman–Crippen LogP) is 2.66. The smallest absolute Gasteiger partial charge is 0.00731 e. The molecule has 1 nitrogen and oxygen atoms in total. The van der Waals surface area contributed by atoms with Crippen LogP contribution in [0.5, 0.6) is 0 Å². The Bertz CT molecular complexity index is 112. The highest BCUT2D eigenvalue weighted by Crippen LogP contribution is 2.26. The van der Waals surface area contributed by atoms with Crippen LogP contribution in [0.15, 0.2) is 0 Å². The van der Waals surface area contributed by atoms with Gasteiger partial charge >= 0.3 is 0 Å². The van der Waals surface area contributed by atoms with Crippen molar-refractivity contribution in [3.8, 4) is 0 Å². The summed E-state index contributed by atoms with van der Waals surface area (Å²) in [6, 6.07) is 2.42. The Kier molecular flexibility index (Phi) is 2.94. The molecule has 1 aliphatic rings. The van der Waals surface area contributed by atoms with E-state index in [0.29, 0.717) is 0 Å². The maximum absolute atomic E-state index is 2.67. The van der Waals surface area contributed by atoms with Crippen molar-refractivity contribution in [3.05, 3.63) is 0 Å². The summed E-state index contributed by atoms with van der Waals surface area (Å²) >= 11 is 0. The standard InChI is InChI=1S/C10H21N/c1-5-8(2)11-9(3)6-7-10(11)4/h8-10H,5-7H2,1-4H3/t8?,9-,10?/m1/s1. The Morgan fingerprint density at radius 2 is 1.73 bits per heavy atom. The molecule has 0 aliphatic carbocycles. The fraction of sp³-hybridized carbons (Fsp3) is 1.00. The molecule has 11 heavy (non-hydrogen) atoms. The quantitative estimate of drug-likeness (QED) is 0.592. The Morgan fingerprint density at radius 1 is 1.27 bits per heavy atom. The van der Waals surface area contributed by atoms with Crippen molar-refractivity contribution in [1.82, 2.24) is 4.90 Å². The van der Waals surface area contributed by atoms with Crippen LogP contribution < -0.4 is 0 Å². The third kappa shape index (κ3) is 1.76. The van der Waals surface area contributed by atoms with Gasteiger partial charge < -0.3 is 0 Å². The van der Waals surface area contributed by atoms with Gasteiger partial charge in [0.1, 0.15) is 0 Å². The SMILES string of the molecule is CCC(C)N1C(C)CC[C@H]1C. The molecule has 0 aromatic heterocycles. The summed E-state index contributed by atoms with van der Waals surface area (Å²) in [4.78, 5) is 2.67. The number of rotatable bonds is 2. The van der Waals surface area contributed by atoms with E-state index in [9.17, 15) is 0 Å². The minimum atomic E-state index is 0.780. The van der Waals surface area contributed by atoms with Crippen LogP contribution in [0.25, 0.3) is 0 Å². The van der Waals surface area contributed by atoms with Gasteiger partial charge in [-0.1, -0.05) is 6.92 Å². The molecule has 0 saturated carbocycles. The van der Waals surface area contributed by atoms with E-state index in [1.165, 1.54) is 19.3 Å². The summed E-state index contributed by atoms with van der Waals surface area (Å²) in [6.07, 6.45) is 4.08. The van der Waals surface area contributed by atoms with Crippen molar-refractivity contribution in [1.29, 1.82) is 0 Å². The molecule has 1 heteroatoms. The molecule has 0 N–H and O–H groups in total. The lowest BCUT2D eigenvalue weighted by Gasteiger charge is -2.31. The minimum absolute atomic E-state index is 0.780. The highest BCUT2D eigenvalue weighted by Gasteiger charge is 2.29. The van der Waals surface area contributed by atoms with Gasteiger partial charge in [-0.25, -0.2) is 0 Å². The Hall–Kier alpha value is -0.0400. The second-order valence-corrected chi connectivity index (χ2v) is 3.98. The fourth-order valence-corrected chi connectivity index (χ4v) is 2.29. The largest absolute Gasteiger partial charge is 0.295 e. The lowest BCUT2D eigenvalue weighted by Crippen LogP contribution is -2.39. The van der Waals surface area contributed by atoms with Gasteiger partial charge in [-0.05, 0) is 40.0 Å². The first-order chi connectivity index (χ1) is 5.16. The van der Waals surface area contributed by atoms with Crippen molar-refractivity contribution in [2.45, 2.75) is 65.1 Å². The first-order valence-electron chi connectivity index (χ1n) is 4.94. The minimum Gasteiger partial charge on any atom is -0.295 e. The Morgan fingerprint density at radius 3 is 2.09 bits per heavy atom. The van der Waals surface area contributed by atoms with Crippen LogP contribution in [0.1, 0.15) is 47.0 Å². The third-order valence-corrected chi connectivity index (χ3v) is 3.12. The van der Waals surface area contributed by atoms with Crippen LogP contribution in [0.4, 0.5) is 0 Å². The normalized spacial score (nSPS) is 36.0. The van der Waals surface area contributed by atoms with Gasteiger partial charge in [-0.2, -0.15) is 0 Å². The molecule has 1 saturated heterocycles. The third-order valence-electron chi connectivity index (χ3n) is 3.12. The van der Waals surface area contributed by atoms with E-state index < -0.39 is 0 Å². The van der Waals surface area contributed by atoms with Crippen LogP contribution >= 0.6 is 0 Å². The number of hydrogen-bond acceptors (Lipinski definition) is 1. The first-order valence-corrected chi connectivity index (χ1v) is 4.94. The molecule has 0 aromatic carbocycles. The number of nitrogens with zero attached hydrogens (tertiary/aromatic N) is 1. The molecular formula is C10H21N. The zero-order valence-electron chi connectivity index (χ0n) is 8.30. The molecule has 0 amide bonds. The molecule has 0 bridgehead atoms. The highest BCUT2D eigenvalue weighted by atomic mass is 15.2. The maximum atomic E-state index is 2.67. The zero-order chi connectivity index (χ0) is 8.43. The van der Waals surface area contributed by atoms with Crippen LogP contribution in [0.2, 0.25) is 0 Å². The summed E-state index contributed by atoms with van der Waals surface area (Å²) in [6.45, 7) is 9.34. The summed E-state index contributed by atoms with van der Waals surface area (Å²) < 4.78 is 0. The summed E-state index contributed by atoms with van der Waals surface area (Å²) in [5.41, 5.74) is 0. The molecule has 1 aliphatic heterocycles. The van der Waals surface area contributed by atoms with Crippen molar-refractivity contribution in [2.75, 3.05) is 0 Å². The molecular weight excluding hydrogens is 134 g/mol. The van der Waals surface area contributed by atoms with Gasteiger partial charge in [0.15, 0.2) is 0 Å². The monoisotopic (exact) mass is 155 g/mol. The van der Waals surface area contributed by atoms with Gasteiger partial charge in [0.05, 0.1) is 0 Å². The Balaban J connectivity index is 2.53. The van der Waals surface area contributed by atoms with Crippen molar-refractivity contribution < 1.29 is 0 Å². The summed E-state index contributed by atoms with van der Waals surface area (Å²) in [5, 5.41) is 0. The van der Waals surface area contributed by atoms with E-state index in [1.807, 2.05) is 0 Å². The molecule has 1 rings (SSSR count). The van der Waals surface area contributed by atoms with Gasteiger partial charge in [0.25, 0.3) is 0 Å². The molecule has 1 heterocycles. The van der Waals surface area contributed by atoms with Gasteiger partial charge in [-0.3, -0.25) is 4.90 Å². The fourth-order valence-electron chi connectivity index (χ4n) is 2.29. The molecule has 3 atom stereocenters. The molecule has 66 valence electrons. The molecule has 1 fully saturated rings. The second-order valence-electron chi connectivity index (χ2n) is 3.98. The highest BCUT2D eigenvalue weighted by molar-refractivity contribution is 4.85. The van der Waals surface area contributed by atoms with Gasteiger partial charge in [-0.15, -0.1) is 0 Å². The van der Waals surface area contributed by atoms with Crippen LogP contribution in [0.3, 0.4) is 0 Å². The molecule has 0 aromatic rings. The predicted molar refractivity (Wildman–Crippen MR) is 49.8 cm³/mol. The molecule has 0 spiro atoms. The maximum Gasteiger partial charge on any atom is 0.00731 e. The van der Waals surface area contributed by atoms with E-state index in [0.717, 1.165) is 18.1 Å². The summed E-state index contributed by atoms with van der Waals surface area (Å²) in [7, 11) is 0. The van der Waals surface area contributed by atoms with Crippen molar-refractivity contribution >= 4 is 0 Å². The number of hydrogen-bond donors (Lipinski definition) is 0. The number of likely N-dealkylation sites (tertiary alicyclic amines) is 1. The molecule has 2 unspecified atom stereocenters. The van der Waals surface area contributed by atoms with Gasteiger partial charge in [0.2, 0.25) is 0 Å². The first kappa shape index (κ1) is 9.05. The van der Waals surface area contributed by atoms with E-state index >= 15 is 0 Å². The average molecular weight is 155 g/mol. The van der Waals surface area contributed by atoms with Crippen molar-refractivity contribution in [3.63, 3.8) is 0 Å².